The van der Waals surface area contributed by atoms with E-state index in [-0.39, 0.29) is 12.1 Å². The van der Waals surface area contributed by atoms with Gasteiger partial charge < -0.3 is 14.5 Å². The van der Waals surface area contributed by atoms with Crippen molar-refractivity contribution < 1.29 is 13.9 Å². The van der Waals surface area contributed by atoms with Gasteiger partial charge in [-0.2, -0.15) is 5.26 Å². The molecule has 124 valence electrons. The van der Waals surface area contributed by atoms with Crippen LogP contribution in [0.15, 0.2) is 18.2 Å². The number of nitriles is 1. The number of ether oxygens (including phenoxy) is 1. The van der Waals surface area contributed by atoms with Gasteiger partial charge in [0.1, 0.15) is 11.4 Å². The molecule has 2 rings (SSSR count). The fourth-order valence-corrected chi connectivity index (χ4v) is 2.64. The second-order valence-electron chi connectivity index (χ2n) is 6.78. The smallest absolute Gasteiger partial charge is 0.410 e. The van der Waals surface area contributed by atoms with Crippen LogP contribution in [0, 0.1) is 17.1 Å². The molecule has 0 unspecified atom stereocenters. The first-order valence-corrected chi connectivity index (χ1v) is 7.65. The minimum Gasteiger partial charge on any atom is -0.444 e. The van der Waals surface area contributed by atoms with Crippen molar-refractivity contribution in [3.05, 3.63) is 29.6 Å². The van der Waals surface area contributed by atoms with E-state index >= 15 is 0 Å². The van der Waals surface area contributed by atoms with Crippen molar-refractivity contribution in [3.63, 3.8) is 0 Å². The number of piperazine rings is 1. The number of carbonyl (C=O) groups is 1. The average molecular weight is 319 g/mol. The first-order chi connectivity index (χ1) is 10.7. The van der Waals surface area contributed by atoms with Crippen LogP contribution >= 0.6 is 0 Å². The summed E-state index contributed by atoms with van der Waals surface area (Å²) in [6, 6.07) is 6.27. The van der Waals surface area contributed by atoms with Gasteiger partial charge in [0.05, 0.1) is 11.6 Å². The molecular weight excluding hydrogens is 297 g/mol. The summed E-state index contributed by atoms with van der Waals surface area (Å²) in [6.45, 7) is 9.02. The van der Waals surface area contributed by atoms with E-state index in [9.17, 15) is 9.18 Å². The SMILES string of the molecule is C[C@H]1CN(C(=O)OC(C)(C)C)CCN1c1cc(F)cc(C#N)c1. The van der Waals surface area contributed by atoms with Crippen molar-refractivity contribution in [2.75, 3.05) is 24.5 Å². The molecular formula is C17H22FN3O2. The fraction of sp³-hybridized carbons (Fsp3) is 0.529. The molecule has 1 saturated heterocycles. The second kappa shape index (κ2) is 6.45. The average Bonchev–Trinajstić information content (AvgIpc) is 2.44. The van der Waals surface area contributed by atoms with Crippen LogP contribution in [0.3, 0.4) is 0 Å². The molecule has 6 heteroatoms. The summed E-state index contributed by atoms with van der Waals surface area (Å²) >= 11 is 0. The molecule has 0 spiro atoms. The zero-order chi connectivity index (χ0) is 17.2. The highest BCUT2D eigenvalue weighted by Gasteiger charge is 2.30. The highest BCUT2D eigenvalue weighted by Crippen LogP contribution is 2.24. The molecule has 5 nitrogen and oxygen atoms in total. The number of nitrogens with zero attached hydrogens (tertiary/aromatic N) is 3. The lowest BCUT2D eigenvalue weighted by Crippen LogP contribution is -2.54. The van der Waals surface area contributed by atoms with E-state index in [1.54, 1.807) is 11.0 Å². The monoisotopic (exact) mass is 319 g/mol. The molecule has 1 amide bonds. The lowest BCUT2D eigenvalue weighted by atomic mass is 10.1. The zero-order valence-corrected chi connectivity index (χ0v) is 14.0. The number of benzene rings is 1. The first-order valence-electron chi connectivity index (χ1n) is 7.65. The molecule has 0 saturated carbocycles. The number of amides is 1. The van der Waals surface area contributed by atoms with E-state index in [1.165, 1.54) is 12.1 Å². The van der Waals surface area contributed by atoms with Crippen LogP contribution in [0.1, 0.15) is 33.3 Å². The van der Waals surface area contributed by atoms with E-state index in [4.69, 9.17) is 10.00 Å². The highest BCUT2D eigenvalue weighted by atomic mass is 19.1. The summed E-state index contributed by atoms with van der Waals surface area (Å²) < 4.78 is 19.0. The number of rotatable bonds is 1. The van der Waals surface area contributed by atoms with Crippen LogP contribution in [-0.4, -0.2) is 42.3 Å². The lowest BCUT2D eigenvalue weighted by Gasteiger charge is -2.41. The van der Waals surface area contributed by atoms with Gasteiger partial charge in [-0.05, 0) is 45.9 Å². The Kier molecular flexibility index (Phi) is 4.79. The Hall–Kier alpha value is -2.29. The zero-order valence-electron chi connectivity index (χ0n) is 14.0. The van der Waals surface area contributed by atoms with Crippen LogP contribution in [0.25, 0.3) is 0 Å². The first kappa shape index (κ1) is 17.1. The van der Waals surface area contributed by atoms with Crippen molar-refractivity contribution in [2.24, 2.45) is 0 Å². The maximum atomic E-state index is 13.6. The number of hydrogen-bond donors (Lipinski definition) is 0. The lowest BCUT2D eigenvalue weighted by molar-refractivity contribution is 0.0219. The maximum Gasteiger partial charge on any atom is 0.410 e. The predicted octanol–water partition coefficient (Wildman–Crippen LogP) is 3.14. The molecule has 0 bridgehead atoms. The van der Waals surface area contributed by atoms with Gasteiger partial charge in [0, 0.05) is 31.4 Å². The van der Waals surface area contributed by atoms with Gasteiger partial charge in [-0.3, -0.25) is 0 Å². The van der Waals surface area contributed by atoms with Crippen LogP contribution < -0.4 is 4.90 Å². The minimum atomic E-state index is -0.526. The Bertz CT molecular complexity index is 634. The Balaban J connectivity index is 2.09. The van der Waals surface area contributed by atoms with Crippen molar-refractivity contribution in [2.45, 2.75) is 39.3 Å². The Morgan fingerprint density at radius 3 is 2.61 bits per heavy atom. The Morgan fingerprint density at radius 2 is 2.04 bits per heavy atom. The van der Waals surface area contributed by atoms with Gasteiger partial charge in [-0.25, -0.2) is 9.18 Å². The molecule has 0 aromatic heterocycles. The second-order valence-corrected chi connectivity index (χ2v) is 6.78. The molecule has 1 heterocycles. The van der Waals surface area contributed by atoms with E-state index in [2.05, 4.69) is 0 Å². The van der Waals surface area contributed by atoms with Crippen molar-refractivity contribution >= 4 is 11.8 Å². The number of halogens is 1. The van der Waals surface area contributed by atoms with Crippen LogP contribution in [-0.2, 0) is 4.74 Å². The molecule has 0 radical (unpaired) electrons. The molecule has 23 heavy (non-hydrogen) atoms. The van der Waals surface area contributed by atoms with E-state index in [1.807, 2.05) is 38.7 Å². The van der Waals surface area contributed by atoms with Gasteiger partial charge in [-0.1, -0.05) is 0 Å². The third kappa shape index (κ3) is 4.35. The summed E-state index contributed by atoms with van der Waals surface area (Å²) in [7, 11) is 0. The Morgan fingerprint density at radius 1 is 1.35 bits per heavy atom. The quantitative estimate of drug-likeness (QED) is 0.798. The van der Waals surface area contributed by atoms with Crippen molar-refractivity contribution in [1.82, 2.24) is 4.90 Å². The summed E-state index contributed by atoms with van der Waals surface area (Å²) in [4.78, 5) is 15.8. The summed E-state index contributed by atoms with van der Waals surface area (Å²) in [5.74, 6) is -0.430. The van der Waals surface area contributed by atoms with E-state index < -0.39 is 11.4 Å². The molecule has 1 aromatic rings. The van der Waals surface area contributed by atoms with Crippen LogP contribution in [0.5, 0.6) is 0 Å². The number of anilines is 1. The predicted molar refractivity (Wildman–Crippen MR) is 85.7 cm³/mol. The number of hydrogen-bond acceptors (Lipinski definition) is 4. The number of carbonyl (C=O) groups excluding carboxylic acids is 1. The van der Waals surface area contributed by atoms with Gasteiger partial charge >= 0.3 is 6.09 Å². The van der Waals surface area contributed by atoms with Gasteiger partial charge in [0.25, 0.3) is 0 Å². The van der Waals surface area contributed by atoms with Gasteiger partial charge in [0.2, 0.25) is 0 Å². The van der Waals surface area contributed by atoms with Gasteiger partial charge in [0.15, 0.2) is 0 Å². The van der Waals surface area contributed by atoms with Gasteiger partial charge in [-0.15, -0.1) is 0 Å². The normalized spacial score (nSPS) is 18.5. The van der Waals surface area contributed by atoms with Crippen LogP contribution in [0.4, 0.5) is 14.9 Å². The molecule has 1 aliphatic rings. The largest absolute Gasteiger partial charge is 0.444 e. The topological polar surface area (TPSA) is 56.6 Å². The third-order valence-electron chi connectivity index (χ3n) is 3.62. The van der Waals surface area contributed by atoms with Crippen molar-refractivity contribution in [1.29, 1.82) is 5.26 Å². The summed E-state index contributed by atoms with van der Waals surface area (Å²) in [6.07, 6.45) is -0.332. The third-order valence-corrected chi connectivity index (χ3v) is 3.62. The molecule has 1 atom stereocenters. The maximum absolute atomic E-state index is 13.6. The minimum absolute atomic E-state index is 0.00427. The molecule has 0 aliphatic carbocycles. The fourth-order valence-electron chi connectivity index (χ4n) is 2.64. The highest BCUT2D eigenvalue weighted by molar-refractivity contribution is 5.69. The Labute approximate surface area is 136 Å². The van der Waals surface area contributed by atoms with E-state index in [0.717, 1.165) is 0 Å². The summed E-state index contributed by atoms with van der Waals surface area (Å²) in [5, 5.41) is 8.97. The molecule has 1 fully saturated rings. The van der Waals surface area contributed by atoms with E-state index in [0.29, 0.717) is 30.9 Å². The molecule has 0 N–H and O–H groups in total. The summed E-state index contributed by atoms with van der Waals surface area (Å²) in [5.41, 5.74) is 0.432. The molecule has 1 aliphatic heterocycles. The standard InChI is InChI=1S/C17H22FN3O2/c1-12-11-20(16(22)23-17(2,3)4)5-6-21(12)15-8-13(10-19)7-14(18)9-15/h7-9,12H,5-6,11H2,1-4H3/t12-/m0/s1. The molecule has 1 aromatic carbocycles. The van der Waals surface area contributed by atoms with Crippen LogP contribution in [0.2, 0.25) is 0 Å². The van der Waals surface area contributed by atoms with Crippen molar-refractivity contribution in [3.8, 4) is 6.07 Å².